The molecule has 0 spiro atoms. The summed E-state index contributed by atoms with van der Waals surface area (Å²) in [7, 11) is 5.70. The summed E-state index contributed by atoms with van der Waals surface area (Å²) in [5.74, 6) is 3.48. The largest absolute Gasteiger partial charge is 0.491 e. The topological polar surface area (TPSA) is 67.6 Å². The first-order valence-corrected chi connectivity index (χ1v) is 7.98. The second-order valence-corrected chi connectivity index (χ2v) is 5.66. The molecule has 0 bridgehead atoms. The maximum atomic E-state index is 5.84. The Labute approximate surface area is 166 Å². The fraction of sp³-hybridized carbons (Fsp3) is 0.471. The van der Waals surface area contributed by atoms with E-state index in [-0.39, 0.29) is 24.0 Å². The Morgan fingerprint density at radius 2 is 2.00 bits per heavy atom. The van der Waals surface area contributed by atoms with Crippen LogP contribution >= 0.6 is 24.0 Å². The SMILES string of the molecule is CN=C(NCc1nnc(C)n1C)N(C)CCOc1ccccc1C.I. The van der Waals surface area contributed by atoms with Crippen LogP contribution in [0, 0.1) is 13.8 Å². The number of halogens is 1. The quantitative estimate of drug-likeness (QED) is 0.408. The number of aryl methyl sites for hydroxylation is 2. The van der Waals surface area contributed by atoms with Gasteiger partial charge in [-0.3, -0.25) is 4.99 Å². The number of rotatable bonds is 6. The molecule has 0 aliphatic heterocycles. The molecule has 0 aliphatic carbocycles. The van der Waals surface area contributed by atoms with Gasteiger partial charge in [-0.1, -0.05) is 18.2 Å². The second kappa shape index (κ2) is 10.2. The van der Waals surface area contributed by atoms with Crippen molar-refractivity contribution in [2.24, 2.45) is 12.0 Å². The molecule has 0 radical (unpaired) electrons. The summed E-state index contributed by atoms with van der Waals surface area (Å²) in [4.78, 5) is 6.33. The average Bonchev–Trinajstić information content (AvgIpc) is 2.89. The molecule has 8 heteroatoms. The van der Waals surface area contributed by atoms with Crippen LogP contribution in [0.2, 0.25) is 0 Å². The lowest BCUT2D eigenvalue weighted by Crippen LogP contribution is -2.40. The number of aliphatic imine (C=N–C) groups is 1. The Kier molecular flexibility index (Phi) is 8.67. The van der Waals surface area contributed by atoms with Crippen molar-refractivity contribution in [1.82, 2.24) is 25.0 Å². The molecule has 0 amide bonds. The van der Waals surface area contributed by atoms with Crippen molar-refractivity contribution in [3.63, 3.8) is 0 Å². The first kappa shape index (κ1) is 21.2. The average molecular weight is 458 g/mol. The molecule has 1 N–H and O–H groups in total. The zero-order chi connectivity index (χ0) is 17.5. The highest BCUT2D eigenvalue weighted by atomic mass is 127. The fourth-order valence-electron chi connectivity index (χ4n) is 2.26. The van der Waals surface area contributed by atoms with Crippen molar-refractivity contribution in [2.75, 3.05) is 27.2 Å². The van der Waals surface area contributed by atoms with Gasteiger partial charge in [0.1, 0.15) is 18.2 Å². The molecule has 2 aromatic rings. The molecular formula is C17H27IN6O. The first-order chi connectivity index (χ1) is 11.5. The Bertz CT molecular complexity index is 700. The van der Waals surface area contributed by atoms with Crippen LogP contribution in [0.3, 0.4) is 0 Å². The number of para-hydroxylation sites is 1. The van der Waals surface area contributed by atoms with E-state index in [4.69, 9.17) is 4.74 Å². The minimum Gasteiger partial charge on any atom is -0.491 e. The Hall–Kier alpha value is -1.84. The van der Waals surface area contributed by atoms with Crippen molar-refractivity contribution in [1.29, 1.82) is 0 Å². The van der Waals surface area contributed by atoms with E-state index in [1.165, 1.54) is 0 Å². The molecule has 0 saturated carbocycles. The molecule has 25 heavy (non-hydrogen) atoms. The summed E-state index contributed by atoms with van der Waals surface area (Å²) in [6, 6.07) is 8.02. The van der Waals surface area contributed by atoms with Crippen LogP contribution in [0.5, 0.6) is 5.75 Å². The van der Waals surface area contributed by atoms with Gasteiger partial charge in [0.15, 0.2) is 11.8 Å². The maximum Gasteiger partial charge on any atom is 0.193 e. The van der Waals surface area contributed by atoms with Gasteiger partial charge in [-0.2, -0.15) is 0 Å². The maximum absolute atomic E-state index is 5.84. The van der Waals surface area contributed by atoms with Crippen LogP contribution in [0.1, 0.15) is 17.2 Å². The molecule has 0 atom stereocenters. The summed E-state index contributed by atoms with van der Waals surface area (Å²) < 4.78 is 7.80. The summed E-state index contributed by atoms with van der Waals surface area (Å²) in [5, 5.41) is 11.5. The van der Waals surface area contributed by atoms with Crippen molar-refractivity contribution in [3.05, 3.63) is 41.5 Å². The van der Waals surface area contributed by atoms with E-state index in [1.807, 2.05) is 61.7 Å². The van der Waals surface area contributed by atoms with Gasteiger partial charge in [0.2, 0.25) is 0 Å². The van der Waals surface area contributed by atoms with Crippen LogP contribution in [0.4, 0.5) is 0 Å². The van der Waals surface area contributed by atoms with E-state index >= 15 is 0 Å². The van der Waals surface area contributed by atoms with Gasteiger partial charge in [0.25, 0.3) is 0 Å². The van der Waals surface area contributed by atoms with Crippen LogP contribution in [-0.4, -0.2) is 52.9 Å². The van der Waals surface area contributed by atoms with E-state index < -0.39 is 0 Å². The molecule has 1 aromatic heterocycles. The number of guanidine groups is 1. The lowest BCUT2D eigenvalue weighted by molar-refractivity contribution is 0.279. The standard InChI is InChI=1S/C17H26N6O.HI/c1-13-8-6-7-9-15(13)24-11-10-22(4)17(18-3)19-12-16-21-20-14(2)23(16)5;/h6-9H,10-12H2,1-5H3,(H,18,19);1H. The first-order valence-electron chi connectivity index (χ1n) is 7.98. The van der Waals surface area contributed by atoms with E-state index in [2.05, 4.69) is 20.5 Å². The zero-order valence-electron chi connectivity index (χ0n) is 15.5. The van der Waals surface area contributed by atoms with Crippen LogP contribution in [0.25, 0.3) is 0 Å². The predicted octanol–water partition coefficient (Wildman–Crippen LogP) is 2.14. The van der Waals surface area contributed by atoms with Gasteiger partial charge in [-0.15, -0.1) is 34.2 Å². The molecule has 138 valence electrons. The highest BCUT2D eigenvalue weighted by Crippen LogP contribution is 2.15. The van der Waals surface area contributed by atoms with Crippen molar-refractivity contribution in [3.8, 4) is 5.75 Å². The summed E-state index contributed by atoms with van der Waals surface area (Å²) in [6.07, 6.45) is 0. The predicted molar refractivity (Wildman–Crippen MR) is 111 cm³/mol. The van der Waals surface area contributed by atoms with Crippen molar-refractivity contribution in [2.45, 2.75) is 20.4 Å². The Morgan fingerprint density at radius 3 is 2.60 bits per heavy atom. The lowest BCUT2D eigenvalue weighted by atomic mass is 10.2. The third-order valence-corrected chi connectivity index (χ3v) is 3.94. The lowest BCUT2D eigenvalue weighted by Gasteiger charge is -2.22. The minimum absolute atomic E-state index is 0. The highest BCUT2D eigenvalue weighted by molar-refractivity contribution is 14.0. The van der Waals surface area contributed by atoms with Gasteiger partial charge < -0.3 is 19.5 Å². The van der Waals surface area contributed by atoms with Gasteiger partial charge >= 0.3 is 0 Å². The van der Waals surface area contributed by atoms with E-state index in [0.29, 0.717) is 13.2 Å². The molecule has 0 aliphatic rings. The Morgan fingerprint density at radius 1 is 1.28 bits per heavy atom. The second-order valence-electron chi connectivity index (χ2n) is 5.66. The smallest absolute Gasteiger partial charge is 0.193 e. The minimum atomic E-state index is 0. The van der Waals surface area contributed by atoms with Crippen LogP contribution < -0.4 is 10.1 Å². The molecule has 2 rings (SSSR count). The number of likely N-dealkylation sites (N-methyl/N-ethyl adjacent to an activating group) is 1. The van der Waals surface area contributed by atoms with Crippen molar-refractivity contribution >= 4 is 29.9 Å². The van der Waals surface area contributed by atoms with Gasteiger partial charge in [0.05, 0.1) is 13.1 Å². The van der Waals surface area contributed by atoms with Gasteiger partial charge in [-0.25, -0.2) is 0 Å². The number of ether oxygens (including phenoxy) is 1. The molecule has 0 fully saturated rings. The molecule has 1 aromatic carbocycles. The van der Waals surface area contributed by atoms with E-state index in [0.717, 1.165) is 35.5 Å². The molecule has 1 heterocycles. The number of nitrogens with zero attached hydrogens (tertiary/aromatic N) is 5. The molecule has 0 unspecified atom stereocenters. The van der Waals surface area contributed by atoms with Crippen LogP contribution in [0.15, 0.2) is 29.3 Å². The number of benzene rings is 1. The van der Waals surface area contributed by atoms with E-state index in [1.54, 1.807) is 7.05 Å². The third-order valence-electron chi connectivity index (χ3n) is 3.94. The number of aromatic nitrogens is 3. The number of hydrogen-bond acceptors (Lipinski definition) is 4. The van der Waals surface area contributed by atoms with Crippen molar-refractivity contribution < 1.29 is 4.74 Å². The van der Waals surface area contributed by atoms with E-state index in [9.17, 15) is 0 Å². The zero-order valence-corrected chi connectivity index (χ0v) is 17.8. The number of hydrogen-bond donors (Lipinski definition) is 1. The Balaban J connectivity index is 0.00000312. The number of nitrogens with one attached hydrogen (secondary N) is 1. The molecular weight excluding hydrogens is 431 g/mol. The fourth-order valence-corrected chi connectivity index (χ4v) is 2.26. The molecule has 7 nitrogen and oxygen atoms in total. The summed E-state index contributed by atoms with van der Waals surface area (Å²) in [5.41, 5.74) is 1.14. The van der Waals surface area contributed by atoms with Gasteiger partial charge in [0, 0.05) is 21.1 Å². The monoisotopic (exact) mass is 458 g/mol. The van der Waals surface area contributed by atoms with Crippen LogP contribution in [-0.2, 0) is 13.6 Å². The third kappa shape index (κ3) is 5.87. The highest BCUT2D eigenvalue weighted by Gasteiger charge is 2.09. The summed E-state index contributed by atoms with van der Waals surface area (Å²) in [6.45, 7) is 5.87. The van der Waals surface area contributed by atoms with Gasteiger partial charge in [-0.05, 0) is 25.5 Å². The normalized spacial score (nSPS) is 11.0. The molecule has 0 saturated heterocycles. The summed E-state index contributed by atoms with van der Waals surface area (Å²) >= 11 is 0.